The van der Waals surface area contributed by atoms with Gasteiger partial charge in [0.1, 0.15) is 35.5 Å². The first kappa shape index (κ1) is 30.2. The highest BCUT2D eigenvalue weighted by atomic mass is 19.1. The summed E-state index contributed by atoms with van der Waals surface area (Å²) < 4.78 is 55.0. The SMILES string of the molecule is COc1cc(F)c(-c2ccc(C(=O)O)cc2C)cc1-c1ccc(N2CCC2)nc1CN1C(=O)OC(C2=CC(F)CC(F)=C2)C1C. The molecule has 1 N–H and O–H groups in total. The van der Waals surface area contributed by atoms with E-state index in [0.717, 1.165) is 25.3 Å². The van der Waals surface area contributed by atoms with Crippen LogP contribution in [0, 0.1) is 12.7 Å². The Morgan fingerprint density at radius 2 is 1.84 bits per heavy atom. The number of aryl methyl sites for hydroxylation is 1. The number of carboxylic acid groups (broad SMARTS) is 1. The minimum atomic E-state index is -1.50. The number of allylic oxidation sites excluding steroid dienone is 2. The van der Waals surface area contributed by atoms with E-state index < -0.39 is 42.0 Å². The lowest BCUT2D eigenvalue weighted by Crippen LogP contribution is -2.38. The molecular formula is C34H32F3N3O5. The van der Waals surface area contributed by atoms with Crippen molar-refractivity contribution in [1.82, 2.24) is 9.88 Å². The van der Waals surface area contributed by atoms with Crippen LogP contribution in [0.25, 0.3) is 22.3 Å². The molecule has 0 spiro atoms. The summed E-state index contributed by atoms with van der Waals surface area (Å²) in [5.41, 5.74) is 3.30. The number of amides is 1. The average molecular weight is 620 g/mol. The molecule has 2 fully saturated rings. The Labute approximate surface area is 258 Å². The quantitative estimate of drug-likeness (QED) is 0.290. The molecule has 2 aromatic carbocycles. The number of hydrogen-bond acceptors (Lipinski definition) is 6. The van der Waals surface area contributed by atoms with Crippen molar-refractivity contribution in [3.05, 3.63) is 88.7 Å². The fraction of sp³-hybridized carbons (Fsp3) is 0.324. The minimum absolute atomic E-state index is 0.00818. The number of carboxylic acids is 1. The second-order valence-corrected chi connectivity index (χ2v) is 11.5. The number of hydrogen-bond donors (Lipinski definition) is 1. The summed E-state index contributed by atoms with van der Waals surface area (Å²) in [6.07, 6.45) is 0.168. The number of pyridine rings is 1. The molecule has 6 rings (SSSR count). The molecule has 1 amide bonds. The smallest absolute Gasteiger partial charge is 0.411 e. The van der Waals surface area contributed by atoms with Gasteiger partial charge in [0.15, 0.2) is 0 Å². The van der Waals surface area contributed by atoms with Crippen molar-refractivity contribution < 1.29 is 37.3 Å². The summed E-state index contributed by atoms with van der Waals surface area (Å²) in [6, 6.07) is 10.5. The Balaban J connectivity index is 1.42. The number of cyclic esters (lactones) is 1. The molecule has 3 aromatic rings. The number of halogens is 3. The Morgan fingerprint density at radius 3 is 2.49 bits per heavy atom. The highest BCUT2D eigenvalue weighted by Crippen LogP contribution is 2.41. The molecule has 3 heterocycles. The fourth-order valence-corrected chi connectivity index (χ4v) is 6.06. The summed E-state index contributed by atoms with van der Waals surface area (Å²) in [5, 5.41) is 9.39. The second-order valence-electron chi connectivity index (χ2n) is 11.5. The van der Waals surface area contributed by atoms with Crippen LogP contribution in [0.2, 0.25) is 0 Å². The number of benzene rings is 2. The number of aromatic carboxylic acids is 1. The second kappa shape index (κ2) is 11.9. The van der Waals surface area contributed by atoms with E-state index in [4.69, 9.17) is 14.5 Å². The highest BCUT2D eigenvalue weighted by Gasteiger charge is 2.42. The molecule has 8 nitrogen and oxygen atoms in total. The van der Waals surface area contributed by atoms with E-state index in [1.165, 1.54) is 42.4 Å². The van der Waals surface area contributed by atoms with E-state index in [-0.39, 0.29) is 35.4 Å². The standard InChI is InChI=1S/C34H32F3N3O5/c1-18-11-20(33(41)42)5-6-24(18)26-15-27(30(44-3)16-28(26)37)25-7-8-31(39-9-4-10-39)38-29(25)17-40-19(2)32(45-34(40)43)21-12-22(35)14-23(36)13-21/h5-8,11-13,15-16,19,22,32H,4,9-10,14,17H2,1-3H3,(H,41,42). The lowest BCUT2D eigenvalue weighted by Gasteiger charge is -2.33. The van der Waals surface area contributed by atoms with Crippen LogP contribution < -0.4 is 9.64 Å². The van der Waals surface area contributed by atoms with E-state index in [1.54, 1.807) is 26.0 Å². The number of carbonyl (C=O) groups is 2. The summed E-state index contributed by atoms with van der Waals surface area (Å²) >= 11 is 0. The molecule has 1 aliphatic carbocycles. The molecular weight excluding hydrogens is 587 g/mol. The van der Waals surface area contributed by atoms with Gasteiger partial charge in [0.2, 0.25) is 0 Å². The van der Waals surface area contributed by atoms with Crippen LogP contribution in [-0.4, -0.2) is 65.6 Å². The zero-order chi connectivity index (χ0) is 32.0. The van der Waals surface area contributed by atoms with Gasteiger partial charge < -0.3 is 19.5 Å². The molecule has 234 valence electrons. The topological polar surface area (TPSA) is 92.2 Å². The van der Waals surface area contributed by atoms with E-state index in [0.29, 0.717) is 27.9 Å². The summed E-state index contributed by atoms with van der Waals surface area (Å²) in [6.45, 7) is 5.15. The van der Waals surface area contributed by atoms with E-state index >= 15 is 4.39 Å². The molecule has 2 aliphatic heterocycles. The molecule has 0 saturated carbocycles. The van der Waals surface area contributed by atoms with E-state index in [1.807, 2.05) is 12.1 Å². The molecule has 1 aromatic heterocycles. The third-order valence-corrected chi connectivity index (χ3v) is 8.61. The molecule has 3 atom stereocenters. The summed E-state index contributed by atoms with van der Waals surface area (Å²) in [7, 11) is 1.43. The maximum absolute atomic E-state index is 15.5. The van der Waals surface area contributed by atoms with Gasteiger partial charge in [0, 0.05) is 42.3 Å². The van der Waals surface area contributed by atoms with Gasteiger partial charge in [-0.2, -0.15) is 0 Å². The zero-order valence-electron chi connectivity index (χ0n) is 25.0. The Bertz CT molecular complexity index is 1750. The van der Waals surface area contributed by atoms with Crippen molar-refractivity contribution in [2.24, 2.45) is 0 Å². The first-order valence-electron chi connectivity index (χ1n) is 14.7. The van der Waals surface area contributed by atoms with Gasteiger partial charge in [0.25, 0.3) is 0 Å². The average Bonchev–Trinajstić information content (AvgIpc) is 3.24. The van der Waals surface area contributed by atoms with Crippen LogP contribution in [-0.2, 0) is 11.3 Å². The monoisotopic (exact) mass is 619 g/mol. The van der Waals surface area contributed by atoms with Crippen LogP contribution in [0.4, 0.5) is 23.8 Å². The lowest BCUT2D eigenvalue weighted by molar-refractivity contribution is 0.0696. The number of ether oxygens (including phenoxy) is 2. The molecule has 11 heteroatoms. The van der Waals surface area contributed by atoms with Crippen LogP contribution in [0.3, 0.4) is 0 Å². The maximum Gasteiger partial charge on any atom is 0.411 e. The van der Waals surface area contributed by atoms with Gasteiger partial charge in [-0.1, -0.05) is 6.07 Å². The number of alkyl halides is 1. The van der Waals surface area contributed by atoms with Crippen molar-refractivity contribution in [3.63, 3.8) is 0 Å². The van der Waals surface area contributed by atoms with Crippen LogP contribution >= 0.6 is 0 Å². The van der Waals surface area contributed by atoms with Gasteiger partial charge in [-0.15, -0.1) is 0 Å². The normalized spacial score (nSPS) is 21.2. The van der Waals surface area contributed by atoms with Crippen molar-refractivity contribution in [1.29, 1.82) is 0 Å². The molecule has 3 unspecified atom stereocenters. The number of aromatic nitrogens is 1. The number of carbonyl (C=O) groups excluding carboxylic acids is 1. The Hall–Kier alpha value is -4.80. The van der Waals surface area contributed by atoms with Gasteiger partial charge >= 0.3 is 12.1 Å². The Kier molecular flexibility index (Phi) is 8.03. The molecule has 45 heavy (non-hydrogen) atoms. The van der Waals surface area contributed by atoms with Gasteiger partial charge in [-0.25, -0.2) is 27.7 Å². The first-order chi connectivity index (χ1) is 21.5. The summed E-state index contributed by atoms with van der Waals surface area (Å²) in [4.78, 5) is 33.2. The number of nitrogens with zero attached hydrogens (tertiary/aromatic N) is 3. The molecule has 2 saturated heterocycles. The van der Waals surface area contributed by atoms with Crippen molar-refractivity contribution in [2.45, 2.75) is 51.6 Å². The van der Waals surface area contributed by atoms with Crippen LogP contribution in [0.5, 0.6) is 5.75 Å². The van der Waals surface area contributed by atoms with Gasteiger partial charge in [0.05, 0.1) is 31.0 Å². The number of methoxy groups -OCH3 is 1. The van der Waals surface area contributed by atoms with Gasteiger partial charge in [-0.3, -0.25) is 4.90 Å². The minimum Gasteiger partial charge on any atom is -0.496 e. The number of rotatable bonds is 8. The zero-order valence-corrected chi connectivity index (χ0v) is 25.0. The predicted molar refractivity (Wildman–Crippen MR) is 162 cm³/mol. The third kappa shape index (κ3) is 5.74. The van der Waals surface area contributed by atoms with E-state index in [9.17, 15) is 23.5 Å². The predicted octanol–water partition coefficient (Wildman–Crippen LogP) is 7.01. The van der Waals surface area contributed by atoms with Crippen molar-refractivity contribution in [3.8, 4) is 28.0 Å². The first-order valence-corrected chi connectivity index (χ1v) is 14.7. The fourth-order valence-electron chi connectivity index (χ4n) is 6.06. The maximum atomic E-state index is 15.5. The number of anilines is 1. The van der Waals surface area contributed by atoms with Crippen LogP contribution in [0.15, 0.2) is 66.0 Å². The molecule has 0 radical (unpaired) electrons. The molecule has 3 aliphatic rings. The lowest BCUT2D eigenvalue weighted by atomic mass is 9.93. The van der Waals surface area contributed by atoms with Crippen molar-refractivity contribution in [2.75, 3.05) is 25.1 Å². The molecule has 0 bridgehead atoms. The van der Waals surface area contributed by atoms with Crippen molar-refractivity contribution >= 4 is 17.9 Å². The highest BCUT2D eigenvalue weighted by molar-refractivity contribution is 5.89. The Morgan fingerprint density at radius 1 is 1.09 bits per heavy atom. The largest absolute Gasteiger partial charge is 0.496 e. The van der Waals surface area contributed by atoms with E-state index in [2.05, 4.69) is 4.90 Å². The van der Waals surface area contributed by atoms with Crippen LogP contribution in [0.1, 0.15) is 41.4 Å². The third-order valence-electron chi connectivity index (χ3n) is 8.61. The summed E-state index contributed by atoms with van der Waals surface area (Å²) in [5.74, 6) is -1.28. The van der Waals surface area contributed by atoms with Gasteiger partial charge in [-0.05, 0) is 79.5 Å².